The van der Waals surface area contributed by atoms with Crippen LogP contribution in [0.4, 0.5) is 0 Å². The lowest BCUT2D eigenvalue weighted by Crippen LogP contribution is -2.44. The molecule has 100 valence electrons. The van der Waals surface area contributed by atoms with Crippen molar-refractivity contribution in [1.29, 1.82) is 0 Å². The van der Waals surface area contributed by atoms with Crippen molar-refractivity contribution < 1.29 is 9.84 Å². The van der Waals surface area contributed by atoms with Gasteiger partial charge in [0.15, 0.2) is 0 Å². The molecule has 3 heteroatoms. The van der Waals surface area contributed by atoms with Crippen LogP contribution in [0, 0.1) is 0 Å². The summed E-state index contributed by atoms with van der Waals surface area (Å²) >= 11 is 0. The summed E-state index contributed by atoms with van der Waals surface area (Å²) in [6.45, 7) is 5.00. The highest BCUT2D eigenvalue weighted by atomic mass is 16.5. The van der Waals surface area contributed by atoms with Crippen LogP contribution >= 0.6 is 0 Å². The van der Waals surface area contributed by atoms with Crippen LogP contribution < -0.4 is 10.1 Å². The molecule has 0 spiro atoms. The molecule has 1 fully saturated rings. The van der Waals surface area contributed by atoms with E-state index >= 15 is 0 Å². The Hall–Kier alpha value is -1.06. The first-order valence-electron chi connectivity index (χ1n) is 6.80. The molecular formula is C15H23NO2. The maximum Gasteiger partial charge on any atom is 0.119 e. The number of aliphatic hydroxyl groups is 1. The third kappa shape index (κ3) is 3.24. The summed E-state index contributed by atoms with van der Waals surface area (Å²) in [6.07, 6.45) is 3.44. The quantitative estimate of drug-likeness (QED) is 0.780. The SMILES string of the molecule is CCCOc1ccc(C(C)(CO)NC2CC2)cc1. The fourth-order valence-corrected chi connectivity index (χ4v) is 2.04. The van der Waals surface area contributed by atoms with Gasteiger partial charge in [-0.3, -0.25) is 0 Å². The highest BCUT2D eigenvalue weighted by Gasteiger charge is 2.33. The average Bonchev–Trinajstić information content (AvgIpc) is 3.20. The van der Waals surface area contributed by atoms with Crippen molar-refractivity contribution in [2.45, 2.75) is 44.7 Å². The van der Waals surface area contributed by atoms with Gasteiger partial charge in [0.25, 0.3) is 0 Å². The molecule has 1 aliphatic rings. The average molecular weight is 249 g/mol. The number of nitrogens with one attached hydrogen (secondary N) is 1. The van der Waals surface area contributed by atoms with Gasteiger partial charge in [-0.25, -0.2) is 0 Å². The molecular weight excluding hydrogens is 226 g/mol. The number of benzene rings is 1. The standard InChI is InChI=1S/C15H23NO2/c1-3-10-18-14-8-4-12(5-9-14)15(2,11-17)16-13-6-7-13/h4-5,8-9,13,16-17H,3,6-7,10-11H2,1-2H3. The number of hydrogen-bond donors (Lipinski definition) is 2. The highest BCUT2D eigenvalue weighted by Crippen LogP contribution is 2.29. The Bertz CT molecular complexity index is 373. The van der Waals surface area contributed by atoms with Crippen molar-refractivity contribution in [2.75, 3.05) is 13.2 Å². The third-order valence-corrected chi connectivity index (χ3v) is 3.38. The van der Waals surface area contributed by atoms with Gasteiger partial charge >= 0.3 is 0 Å². The highest BCUT2D eigenvalue weighted by molar-refractivity contribution is 5.32. The van der Waals surface area contributed by atoms with Crippen LogP contribution in [0.3, 0.4) is 0 Å². The van der Waals surface area contributed by atoms with E-state index in [9.17, 15) is 5.11 Å². The van der Waals surface area contributed by atoms with Crippen molar-refractivity contribution >= 4 is 0 Å². The van der Waals surface area contributed by atoms with Gasteiger partial charge in [0, 0.05) is 6.04 Å². The van der Waals surface area contributed by atoms with Crippen molar-refractivity contribution in [3.05, 3.63) is 29.8 Å². The summed E-state index contributed by atoms with van der Waals surface area (Å²) in [4.78, 5) is 0. The van der Waals surface area contributed by atoms with Gasteiger partial charge in [0.05, 0.1) is 18.8 Å². The smallest absolute Gasteiger partial charge is 0.119 e. The summed E-state index contributed by atoms with van der Waals surface area (Å²) in [5.74, 6) is 0.896. The lowest BCUT2D eigenvalue weighted by Gasteiger charge is -2.29. The predicted octanol–water partition coefficient (Wildman–Crippen LogP) is 2.43. The van der Waals surface area contributed by atoms with Gasteiger partial charge in [0.1, 0.15) is 5.75 Å². The first-order valence-corrected chi connectivity index (χ1v) is 6.80. The zero-order valence-corrected chi connectivity index (χ0v) is 11.3. The molecule has 1 aliphatic carbocycles. The van der Waals surface area contributed by atoms with Crippen LogP contribution in [-0.2, 0) is 5.54 Å². The summed E-state index contributed by atoms with van der Waals surface area (Å²) in [7, 11) is 0. The Morgan fingerprint density at radius 1 is 1.33 bits per heavy atom. The van der Waals surface area contributed by atoms with Gasteiger partial charge in [-0.1, -0.05) is 19.1 Å². The molecule has 0 heterocycles. The van der Waals surface area contributed by atoms with Gasteiger partial charge in [0.2, 0.25) is 0 Å². The first kappa shape index (κ1) is 13.4. The largest absolute Gasteiger partial charge is 0.494 e. The molecule has 0 amide bonds. The minimum absolute atomic E-state index is 0.110. The van der Waals surface area contributed by atoms with E-state index in [4.69, 9.17) is 4.74 Å². The van der Waals surface area contributed by atoms with Crippen molar-refractivity contribution in [2.24, 2.45) is 0 Å². The Morgan fingerprint density at radius 3 is 2.50 bits per heavy atom. The van der Waals surface area contributed by atoms with E-state index in [2.05, 4.69) is 12.2 Å². The second-order valence-electron chi connectivity index (χ2n) is 5.28. The first-order chi connectivity index (χ1) is 8.68. The molecule has 18 heavy (non-hydrogen) atoms. The van der Waals surface area contributed by atoms with Crippen molar-refractivity contribution in [3.63, 3.8) is 0 Å². The normalized spacial score (nSPS) is 18.4. The molecule has 0 aromatic heterocycles. The topological polar surface area (TPSA) is 41.5 Å². The van der Waals surface area contributed by atoms with Gasteiger partial charge in [-0.2, -0.15) is 0 Å². The molecule has 0 bridgehead atoms. The molecule has 0 radical (unpaired) electrons. The van der Waals surface area contributed by atoms with E-state index in [0.717, 1.165) is 24.3 Å². The molecule has 0 aliphatic heterocycles. The molecule has 1 aromatic rings. The Balaban J connectivity index is 2.05. The number of hydrogen-bond acceptors (Lipinski definition) is 3. The lowest BCUT2D eigenvalue weighted by molar-refractivity contribution is 0.173. The molecule has 0 saturated heterocycles. The zero-order valence-electron chi connectivity index (χ0n) is 11.3. The number of ether oxygens (including phenoxy) is 1. The summed E-state index contributed by atoms with van der Waals surface area (Å²) in [5, 5.41) is 13.1. The fourth-order valence-electron chi connectivity index (χ4n) is 2.04. The van der Waals surface area contributed by atoms with E-state index < -0.39 is 0 Å². The number of aliphatic hydroxyl groups excluding tert-OH is 1. The minimum Gasteiger partial charge on any atom is -0.494 e. The van der Waals surface area contributed by atoms with Crippen LogP contribution in [0.1, 0.15) is 38.7 Å². The third-order valence-electron chi connectivity index (χ3n) is 3.38. The van der Waals surface area contributed by atoms with Crippen LogP contribution in [0.15, 0.2) is 24.3 Å². The summed E-state index contributed by atoms with van der Waals surface area (Å²) < 4.78 is 5.57. The Labute approximate surface area is 109 Å². The van der Waals surface area contributed by atoms with Gasteiger partial charge in [-0.15, -0.1) is 0 Å². The van der Waals surface area contributed by atoms with E-state index in [1.165, 1.54) is 12.8 Å². The molecule has 1 aromatic carbocycles. The summed E-state index contributed by atoms with van der Waals surface area (Å²) in [5.41, 5.74) is 0.769. The Morgan fingerprint density at radius 2 is 2.00 bits per heavy atom. The molecule has 2 N–H and O–H groups in total. The second-order valence-corrected chi connectivity index (χ2v) is 5.28. The second kappa shape index (κ2) is 5.72. The lowest BCUT2D eigenvalue weighted by atomic mass is 9.92. The van der Waals surface area contributed by atoms with Crippen molar-refractivity contribution in [3.8, 4) is 5.75 Å². The Kier molecular flexibility index (Phi) is 4.25. The number of rotatable bonds is 7. The van der Waals surface area contributed by atoms with E-state index in [1.807, 2.05) is 31.2 Å². The zero-order chi connectivity index (χ0) is 13.0. The molecule has 1 saturated carbocycles. The van der Waals surface area contributed by atoms with Gasteiger partial charge < -0.3 is 15.2 Å². The minimum atomic E-state index is -0.343. The van der Waals surface area contributed by atoms with Crippen LogP contribution in [0.2, 0.25) is 0 Å². The van der Waals surface area contributed by atoms with Crippen molar-refractivity contribution in [1.82, 2.24) is 5.32 Å². The van der Waals surface area contributed by atoms with Gasteiger partial charge in [-0.05, 0) is 43.9 Å². The van der Waals surface area contributed by atoms with Crippen LogP contribution in [0.25, 0.3) is 0 Å². The molecule has 2 rings (SSSR count). The predicted molar refractivity (Wildman–Crippen MR) is 72.8 cm³/mol. The maximum absolute atomic E-state index is 9.63. The van der Waals surface area contributed by atoms with Crippen LogP contribution in [-0.4, -0.2) is 24.4 Å². The molecule has 3 nitrogen and oxygen atoms in total. The van der Waals surface area contributed by atoms with Crippen LogP contribution in [0.5, 0.6) is 5.75 Å². The summed E-state index contributed by atoms with van der Waals surface area (Å²) in [6, 6.07) is 8.60. The monoisotopic (exact) mass is 249 g/mol. The fraction of sp³-hybridized carbons (Fsp3) is 0.600. The molecule has 1 atom stereocenters. The van der Waals surface area contributed by atoms with E-state index in [0.29, 0.717) is 6.04 Å². The van der Waals surface area contributed by atoms with E-state index in [1.54, 1.807) is 0 Å². The molecule has 1 unspecified atom stereocenters. The maximum atomic E-state index is 9.63. The van der Waals surface area contributed by atoms with E-state index in [-0.39, 0.29) is 12.1 Å².